The van der Waals surface area contributed by atoms with E-state index in [9.17, 15) is 0 Å². The number of rotatable bonds is 7. The Morgan fingerprint density at radius 2 is 2.16 bits per heavy atom. The van der Waals surface area contributed by atoms with Crippen LogP contribution in [0, 0.1) is 5.92 Å². The molecule has 5 heteroatoms. The highest BCUT2D eigenvalue weighted by molar-refractivity contribution is 4.99. The fourth-order valence-electron chi connectivity index (χ4n) is 2.45. The van der Waals surface area contributed by atoms with Crippen molar-refractivity contribution in [1.29, 1.82) is 0 Å². The molecule has 1 aliphatic rings. The summed E-state index contributed by atoms with van der Waals surface area (Å²) in [4.78, 5) is 0. The Morgan fingerprint density at radius 1 is 1.32 bits per heavy atom. The zero-order valence-electron chi connectivity index (χ0n) is 12.4. The summed E-state index contributed by atoms with van der Waals surface area (Å²) in [6, 6.07) is 0.372. The molecule has 1 aromatic rings. The third-order valence-corrected chi connectivity index (χ3v) is 3.76. The fraction of sp³-hybridized carbons (Fsp3) is 0.857. The minimum atomic E-state index is 0.372. The first-order chi connectivity index (χ1) is 9.22. The molecule has 0 saturated heterocycles. The van der Waals surface area contributed by atoms with E-state index < -0.39 is 0 Å². The predicted octanol–water partition coefficient (Wildman–Crippen LogP) is 1.77. The van der Waals surface area contributed by atoms with E-state index in [2.05, 4.69) is 33.9 Å². The first kappa shape index (κ1) is 14.5. The maximum atomic E-state index is 5.53. The van der Waals surface area contributed by atoms with Crippen LogP contribution in [-0.4, -0.2) is 34.0 Å². The van der Waals surface area contributed by atoms with Gasteiger partial charge in [-0.2, -0.15) is 0 Å². The Hall–Kier alpha value is -0.940. The van der Waals surface area contributed by atoms with E-state index in [1.807, 2.05) is 6.92 Å². The molecule has 1 aromatic heterocycles. The molecule has 0 aliphatic carbocycles. The van der Waals surface area contributed by atoms with Crippen LogP contribution in [-0.2, 0) is 24.2 Å². The predicted molar refractivity (Wildman–Crippen MR) is 74.9 cm³/mol. The van der Waals surface area contributed by atoms with Gasteiger partial charge in [-0.15, -0.1) is 10.2 Å². The van der Waals surface area contributed by atoms with Gasteiger partial charge in [-0.05, 0) is 25.7 Å². The molecule has 0 saturated carbocycles. The van der Waals surface area contributed by atoms with Crippen LogP contribution >= 0.6 is 0 Å². The number of nitrogens with one attached hydrogen (secondary N) is 1. The topological polar surface area (TPSA) is 52.0 Å². The summed E-state index contributed by atoms with van der Waals surface area (Å²) in [5.74, 6) is 2.76. The molecule has 0 radical (unpaired) electrons. The highest BCUT2D eigenvalue weighted by atomic mass is 16.5. The van der Waals surface area contributed by atoms with E-state index in [-0.39, 0.29) is 0 Å². The first-order valence-electron chi connectivity index (χ1n) is 7.44. The summed E-state index contributed by atoms with van der Waals surface area (Å²) >= 11 is 0. The second-order valence-corrected chi connectivity index (χ2v) is 5.53. The average molecular weight is 266 g/mol. The van der Waals surface area contributed by atoms with Crippen LogP contribution in [0.3, 0.4) is 0 Å². The van der Waals surface area contributed by atoms with Crippen LogP contribution < -0.4 is 5.32 Å². The lowest BCUT2D eigenvalue weighted by Gasteiger charge is -2.22. The Morgan fingerprint density at radius 3 is 2.89 bits per heavy atom. The molecule has 5 nitrogen and oxygen atoms in total. The van der Waals surface area contributed by atoms with Crippen LogP contribution in [0.25, 0.3) is 0 Å². The molecule has 1 N–H and O–H groups in total. The fourth-order valence-corrected chi connectivity index (χ4v) is 2.45. The van der Waals surface area contributed by atoms with Gasteiger partial charge in [0.1, 0.15) is 11.6 Å². The minimum absolute atomic E-state index is 0.372. The van der Waals surface area contributed by atoms with E-state index in [1.165, 1.54) is 12.8 Å². The van der Waals surface area contributed by atoms with Gasteiger partial charge in [0, 0.05) is 25.6 Å². The number of nitrogens with zero attached hydrogens (tertiary/aromatic N) is 3. The quantitative estimate of drug-likeness (QED) is 0.817. The van der Waals surface area contributed by atoms with E-state index >= 15 is 0 Å². The zero-order chi connectivity index (χ0) is 13.7. The van der Waals surface area contributed by atoms with Gasteiger partial charge in [0.2, 0.25) is 0 Å². The summed E-state index contributed by atoms with van der Waals surface area (Å²) in [7, 11) is 0. The monoisotopic (exact) mass is 266 g/mol. The molecule has 2 rings (SSSR count). The van der Waals surface area contributed by atoms with Crippen molar-refractivity contribution in [1.82, 2.24) is 20.1 Å². The SMILES string of the molecule is CCOC[C@H](NCc1nnc2n1CCCC2)C(C)C. The number of fused-ring (bicyclic) bond motifs is 1. The molecular weight excluding hydrogens is 240 g/mol. The molecule has 108 valence electrons. The summed E-state index contributed by atoms with van der Waals surface area (Å²) in [6.45, 7) is 9.85. The Labute approximate surface area is 115 Å². The molecule has 19 heavy (non-hydrogen) atoms. The van der Waals surface area contributed by atoms with Gasteiger partial charge in [-0.25, -0.2) is 0 Å². The second kappa shape index (κ2) is 7.01. The van der Waals surface area contributed by atoms with Crippen LogP contribution in [0.5, 0.6) is 0 Å². The van der Waals surface area contributed by atoms with Crippen molar-refractivity contribution in [3.63, 3.8) is 0 Å². The van der Waals surface area contributed by atoms with Gasteiger partial charge in [-0.1, -0.05) is 13.8 Å². The van der Waals surface area contributed by atoms with Crippen LogP contribution in [0.15, 0.2) is 0 Å². The third kappa shape index (κ3) is 3.76. The van der Waals surface area contributed by atoms with Gasteiger partial charge >= 0.3 is 0 Å². The van der Waals surface area contributed by atoms with Gasteiger partial charge in [-0.3, -0.25) is 0 Å². The van der Waals surface area contributed by atoms with Crippen molar-refractivity contribution in [3.8, 4) is 0 Å². The Kier molecular flexibility index (Phi) is 5.34. The second-order valence-electron chi connectivity index (χ2n) is 5.53. The molecular formula is C14H26N4O. The smallest absolute Gasteiger partial charge is 0.147 e. The van der Waals surface area contributed by atoms with E-state index in [0.717, 1.165) is 44.4 Å². The van der Waals surface area contributed by atoms with Crippen LogP contribution in [0.1, 0.15) is 45.3 Å². The molecule has 0 spiro atoms. The standard InChI is InChI=1S/C14H26N4O/c1-4-19-10-12(11(2)3)15-9-14-17-16-13-7-5-6-8-18(13)14/h11-12,15H,4-10H2,1-3H3/t12-/m0/s1. The largest absolute Gasteiger partial charge is 0.380 e. The molecule has 0 fully saturated rings. The average Bonchev–Trinajstić information content (AvgIpc) is 2.82. The highest BCUT2D eigenvalue weighted by Crippen LogP contribution is 2.14. The van der Waals surface area contributed by atoms with E-state index in [4.69, 9.17) is 4.74 Å². The normalized spacial score (nSPS) is 16.6. The minimum Gasteiger partial charge on any atom is -0.380 e. The third-order valence-electron chi connectivity index (χ3n) is 3.76. The number of hydrogen-bond acceptors (Lipinski definition) is 4. The number of aryl methyl sites for hydroxylation is 1. The summed E-state index contributed by atoms with van der Waals surface area (Å²) < 4.78 is 7.81. The van der Waals surface area contributed by atoms with E-state index in [0.29, 0.717) is 12.0 Å². The molecule has 0 aromatic carbocycles. The van der Waals surface area contributed by atoms with Gasteiger partial charge < -0.3 is 14.6 Å². The molecule has 0 unspecified atom stereocenters. The summed E-state index contributed by atoms with van der Waals surface area (Å²) in [5.41, 5.74) is 0. The van der Waals surface area contributed by atoms with Crippen molar-refractivity contribution in [2.75, 3.05) is 13.2 Å². The van der Waals surface area contributed by atoms with Crippen LogP contribution in [0.2, 0.25) is 0 Å². The Balaban J connectivity index is 1.91. The van der Waals surface area contributed by atoms with Gasteiger partial charge in [0.15, 0.2) is 0 Å². The zero-order valence-corrected chi connectivity index (χ0v) is 12.4. The maximum absolute atomic E-state index is 5.53. The molecule has 0 bridgehead atoms. The van der Waals surface area contributed by atoms with E-state index in [1.54, 1.807) is 0 Å². The van der Waals surface area contributed by atoms with Crippen molar-refractivity contribution in [2.24, 2.45) is 5.92 Å². The molecule has 1 aliphatic heterocycles. The lowest BCUT2D eigenvalue weighted by atomic mass is 10.1. The van der Waals surface area contributed by atoms with Gasteiger partial charge in [0.25, 0.3) is 0 Å². The number of aromatic nitrogens is 3. The number of ether oxygens (including phenoxy) is 1. The first-order valence-corrected chi connectivity index (χ1v) is 7.44. The van der Waals surface area contributed by atoms with Crippen LogP contribution in [0.4, 0.5) is 0 Å². The molecule has 1 atom stereocenters. The molecule has 0 amide bonds. The highest BCUT2D eigenvalue weighted by Gasteiger charge is 2.18. The lowest BCUT2D eigenvalue weighted by Crippen LogP contribution is -2.38. The van der Waals surface area contributed by atoms with Crippen molar-refractivity contribution >= 4 is 0 Å². The summed E-state index contributed by atoms with van der Waals surface area (Å²) in [6.07, 6.45) is 3.55. The molecule has 2 heterocycles. The Bertz CT molecular complexity index is 389. The number of hydrogen-bond donors (Lipinski definition) is 1. The van der Waals surface area contributed by atoms with Gasteiger partial charge in [0.05, 0.1) is 13.2 Å². The summed E-state index contributed by atoms with van der Waals surface area (Å²) in [5, 5.41) is 12.2. The maximum Gasteiger partial charge on any atom is 0.147 e. The lowest BCUT2D eigenvalue weighted by molar-refractivity contribution is 0.107. The van der Waals surface area contributed by atoms with Crippen molar-refractivity contribution in [2.45, 2.75) is 59.2 Å². The van der Waals surface area contributed by atoms with Crippen molar-refractivity contribution in [3.05, 3.63) is 11.6 Å². The van der Waals surface area contributed by atoms with Crippen molar-refractivity contribution < 1.29 is 4.74 Å².